The second-order valence-electron chi connectivity index (χ2n) is 4.25. The lowest BCUT2D eigenvalue weighted by atomic mass is 10.1. The van der Waals surface area contributed by atoms with E-state index in [1.807, 2.05) is 31.2 Å². The van der Waals surface area contributed by atoms with Gasteiger partial charge in [-0.2, -0.15) is 0 Å². The van der Waals surface area contributed by atoms with Gasteiger partial charge in [0, 0.05) is 15.1 Å². The van der Waals surface area contributed by atoms with Crippen LogP contribution in [0.25, 0.3) is 0 Å². The van der Waals surface area contributed by atoms with Gasteiger partial charge in [-0.05, 0) is 48.9 Å². The lowest BCUT2D eigenvalue weighted by molar-refractivity contribution is 0.0940. The maximum atomic E-state index is 12.0. The molecule has 0 heterocycles. The summed E-state index contributed by atoms with van der Waals surface area (Å²) >= 11 is 9.19. The smallest absolute Gasteiger partial charge is 0.251 e. The molecule has 2 nitrogen and oxygen atoms in total. The van der Waals surface area contributed by atoms with E-state index >= 15 is 0 Å². The van der Waals surface area contributed by atoms with E-state index in [-0.39, 0.29) is 11.9 Å². The second kappa shape index (κ2) is 6.22. The zero-order valence-electron chi connectivity index (χ0n) is 10.4. The van der Waals surface area contributed by atoms with Crippen molar-refractivity contribution >= 4 is 33.4 Å². The van der Waals surface area contributed by atoms with Crippen LogP contribution < -0.4 is 5.32 Å². The first-order valence-corrected chi connectivity index (χ1v) is 7.05. The molecule has 0 radical (unpaired) electrons. The quantitative estimate of drug-likeness (QED) is 0.871. The third-order valence-corrected chi connectivity index (χ3v) is 3.60. The second-order valence-corrected chi connectivity index (χ2v) is 5.61. The van der Waals surface area contributed by atoms with E-state index in [4.69, 9.17) is 11.6 Å². The van der Waals surface area contributed by atoms with Gasteiger partial charge >= 0.3 is 0 Å². The van der Waals surface area contributed by atoms with E-state index in [0.717, 1.165) is 10.0 Å². The van der Waals surface area contributed by atoms with Crippen LogP contribution in [0.1, 0.15) is 28.9 Å². The van der Waals surface area contributed by atoms with Gasteiger partial charge < -0.3 is 5.32 Å². The number of benzene rings is 2. The highest BCUT2D eigenvalue weighted by atomic mass is 79.9. The summed E-state index contributed by atoms with van der Waals surface area (Å²) in [6, 6.07) is 14.7. The molecule has 0 aliphatic carbocycles. The Morgan fingerprint density at radius 1 is 1.11 bits per heavy atom. The van der Waals surface area contributed by atoms with Gasteiger partial charge in [0.2, 0.25) is 0 Å². The molecule has 0 spiro atoms. The monoisotopic (exact) mass is 337 g/mol. The number of carbonyl (C=O) groups excluding carboxylic acids is 1. The van der Waals surface area contributed by atoms with Gasteiger partial charge in [-0.1, -0.05) is 39.7 Å². The van der Waals surface area contributed by atoms with Crippen LogP contribution in [-0.4, -0.2) is 5.91 Å². The van der Waals surface area contributed by atoms with Gasteiger partial charge in [0.15, 0.2) is 0 Å². The van der Waals surface area contributed by atoms with Crippen molar-refractivity contribution in [1.82, 2.24) is 5.32 Å². The molecule has 98 valence electrons. The highest BCUT2D eigenvalue weighted by Crippen LogP contribution is 2.17. The molecule has 2 aromatic carbocycles. The fraction of sp³-hybridized carbons (Fsp3) is 0.133. The maximum Gasteiger partial charge on any atom is 0.251 e. The van der Waals surface area contributed by atoms with Crippen LogP contribution in [0, 0.1) is 0 Å². The van der Waals surface area contributed by atoms with Crippen molar-refractivity contribution in [2.24, 2.45) is 0 Å². The molecule has 1 N–H and O–H groups in total. The van der Waals surface area contributed by atoms with E-state index in [9.17, 15) is 4.79 Å². The van der Waals surface area contributed by atoms with E-state index in [2.05, 4.69) is 21.2 Å². The summed E-state index contributed by atoms with van der Waals surface area (Å²) in [5.41, 5.74) is 1.67. The minimum atomic E-state index is -0.105. The Morgan fingerprint density at radius 2 is 1.68 bits per heavy atom. The van der Waals surface area contributed by atoms with Crippen LogP contribution >= 0.6 is 27.5 Å². The number of hydrogen-bond acceptors (Lipinski definition) is 1. The normalized spacial score (nSPS) is 11.9. The summed E-state index contributed by atoms with van der Waals surface area (Å²) in [5, 5.41) is 3.58. The van der Waals surface area contributed by atoms with Gasteiger partial charge in [-0.25, -0.2) is 0 Å². The zero-order chi connectivity index (χ0) is 13.8. The third kappa shape index (κ3) is 3.82. The third-order valence-electron chi connectivity index (χ3n) is 2.82. The molecule has 1 unspecified atom stereocenters. The van der Waals surface area contributed by atoms with Crippen LogP contribution in [0.2, 0.25) is 5.02 Å². The van der Waals surface area contributed by atoms with Crippen molar-refractivity contribution in [3.8, 4) is 0 Å². The molecule has 0 aromatic heterocycles. The minimum Gasteiger partial charge on any atom is -0.346 e. The first-order chi connectivity index (χ1) is 9.06. The predicted octanol–water partition coefficient (Wildman–Crippen LogP) is 4.59. The van der Waals surface area contributed by atoms with Gasteiger partial charge in [0.05, 0.1) is 6.04 Å². The minimum absolute atomic E-state index is 0.0451. The Bertz CT molecular complexity index is 566. The number of rotatable bonds is 3. The highest BCUT2D eigenvalue weighted by molar-refractivity contribution is 9.10. The molecule has 2 rings (SSSR count). The van der Waals surface area contributed by atoms with Crippen LogP contribution in [0.4, 0.5) is 0 Å². The van der Waals surface area contributed by atoms with Gasteiger partial charge in [-0.3, -0.25) is 4.79 Å². The Balaban J connectivity index is 2.06. The van der Waals surface area contributed by atoms with E-state index < -0.39 is 0 Å². The first-order valence-electron chi connectivity index (χ1n) is 5.88. The molecule has 0 saturated carbocycles. The van der Waals surface area contributed by atoms with Crippen LogP contribution in [0.3, 0.4) is 0 Å². The van der Waals surface area contributed by atoms with E-state index in [0.29, 0.717) is 10.6 Å². The van der Waals surface area contributed by atoms with Crippen LogP contribution in [-0.2, 0) is 0 Å². The molecule has 0 bridgehead atoms. The summed E-state index contributed by atoms with van der Waals surface area (Å²) in [6.07, 6.45) is 0. The Morgan fingerprint density at radius 3 is 2.26 bits per heavy atom. The average Bonchev–Trinajstić information content (AvgIpc) is 2.40. The summed E-state index contributed by atoms with van der Waals surface area (Å²) in [4.78, 5) is 12.0. The average molecular weight is 339 g/mol. The van der Waals surface area contributed by atoms with Crippen LogP contribution in [0.5, 0.6) is 0 Å². The molecule has 19 heavy (non-hydrogen) atoms. The largest absolute Gasteiger partial charge is 0.346 e. The SMILES string of the molecule is CC(NC(=O)c1ccc(Cl)cc1)c1ccc(Br)cc1. The lowest BCUT2D eigenvalue weighted by Crippen LogP contribution is -2.26. The van der Waals surface area contributed by atoms with Crippen molar-refractivity contribution in [3.63, 3.8) is 0 Å². The molecule has 0 aliphatic rings. The molecule has 0 fully saturated rings. The fourth-order valence-corrected chi connectivity index (χ4v) is 2.11. The Hall–Kier alpha value is -1.32. The molecule has 0 saturated heterocycles. The molecule has 2 aromatic rings. The molecule has 1 atom stereocenters. The van der Waals surface area contributed by atoms with E-state index in [1.54, 1.807) is 24.3 Å². The number of nitrogens with one attached hydrogen (secondary N) is 1. The van der Waals surface area contributed by atoms with Gasteiger partial charge in [0.1, 0.15) is 0 Å². The molecular weight excluding hydrogens is 326 g/mol. The van der Waals surface area contributed by atoms with Crippen molar-refractivity contribution in [3.05, 3.63) is 69.2 Å². The molecule has 0 aliphatic heterocycles. The summed E-state index contributed by atoms with van der Waals surface area (Å²) in [7, 11) is 0. The van der Waals surface area contributed by atoms with Crippen molar-refractivity contribution in [2.45, 2.75) is 13.0 Å². The lowest BCUT2D eigenvalue weighted by Gasteiger charge is -2.14. The number of hydrogen-bond donors (Lipinski definition) is 1. The first kappa shape index (κ1) is 14.1. The van der Waals surface area contributed by atoms with Gasteiger partial charge in [0.25, 0.3) is 5.91 Å². The van der Waals surface area contributed by atoms with Crippen LogP contribution in [0.15, 0.2) is 53.0 Å². The van der Waals surface area contributed by atoms with Crippen molar-refractivity contribution in [2.75, 3.05) is 0 Å². The Kier molecular flexibility index (Phi) is 4.61. The molecular formula is C15H13BrClNO. The van der Waals surface area contributed by atoms with Crippen molar-refractivity contribution < 1.29 is 4.79 Å². The molecule has 1 amide bonds. The topological polar surface area (TPSA) is 29.1 Å². The van der Waals surface area contributed by atoms with Crippen molar-refractivity contribution in [1.29, 1.82) is 0 Å². The zero-order valence-corrected chi connectivity index (χ0v) is 12.7. The maximum absolute atomic E-state index is 12.0. The van der Waals surface area contributed by atoms with Gasteiger partial charge in [-0.15, -0.1) is 0 Å². The fourth-order valence-electron chi connectivity index (χ4n) is 1.72. The number of halogens is 2. The highest BCUT2D eigenvalue weighted by Gasteiger charge is 2.11. The number of amides is 1. The summed E-state index contributed by atoms with van der Waals surface area (Å²) in [6.45, 7) is 1.96. The predicted molar refractivity (Wildman–Crippen MR) is 81.5 cm³/mol. The van der Waals surface area contributed by atoms with E-state index in [1.165, 1.54) is 0 Å². The summed E-state index contributed by atoms with van der Waals surface area (Å²) < 4.78 is 1.02. The number of carbonyl (C=O) groups is 1. The summed E-state index contributed by atoms with van der Waals surface area (Å²) in [5.74, 6) is -0.105. The molecule has 4 heteroatoms. The Labute approximate surface area is 125 Å². The standard InChI is InChI=1S/C15H13BrClNO/c1-10(11-2-6-13(16)7-3-11)18-15(19)12-4-8-14(17)9-5-12/h2-10H,1H3,(H,18,19).